The largest absolute Gasteiger partial charge is 0.498 e. The van der Waals surface area contributed by atoms with Crippen molar-refractivity contribution in [1.82, 2.24) is 0 Å². The van der Waals surface area contributed by atoms with Crippen LogP contribution in [0.2, 0.25) is 0 Å². The van der Waals surface area contributed by atoms with Gasteiger partial charge in [0.2, 0.25) is 0 Å². The van der Waals surface area contributed by atoms with Crippen LogP contribution in [0.4, 0.5) is 0 Å². The van der Waals surface area contributed by atoms with Crippen LogP contribution >= 0.6 is 0 Å². The van der Waals surface area contributed by atoms with E-state index in [1.54, 1.807) is 0 Å². The van der Waals surface area contributed by atoms with Gasteiger partial charge >= 0.3 is 7.12 Å². The SMILES string of the molecule is C=CCCOc1ccccc1B1OC(C)(C)C(C)(C)O1. The van der Waals surface area contributed by atoms with Crippen LogP contribution in [0.3, 0.4) is 0 Å². The molecular weight excluding hydrogens is 251 g/mol. The van der Waals surface area contributed by atoms with Gasteiger partial charge in [-0.05, 0) is 40.2 Å². The molecule has 4 heteroatoms. The molecule has 1 saturated heterocycles. The molecule has 1 heterocycles. The molecule has 1 aromatic rings. The monoisotopic (exact) mass is 274 g/mol. The third-order valence-electron chi connectivity index (χ3n) is 4.01. The Bertz CT molecular complexity index is 466. The van der Waals surface area contributed by atoms with Crippen molar-refractivity contribution in [2.24, 2.45) is 0 Å². The summed E-state index contributed by atoms with van der Waals surface area (Å²) in [5.41, 5.74) is 0.257. The van der Waals surface area contributed by atoms with E-state index in [1.165, 1.54) is 0 Å². The molecule has 0 saturated carbocycles. The van der Waals surface area contributed by atoms with E-state index in [9.17, 15) is 0 Å². The van der Waals surface area contributed by atoms with Gasteiger partial charge in [0, 0.05) is 5.46 Å². The minimum Gasteiger partial charge on any atom is -0.494 e. The van der Waals surface area contributed by atoms with Gasteiger partial charge in [-0.15, -0.1) is 6.58 Å². The second kappa shape index (κ2) is 5.62. The van der Waals surface area contributed by atoms with E-state index in [-0.39, 0.29) is 18.3 Å². The third kappa shape index (κ3) is 2.91. The molecule has 20 heavy (non-hydrogen) atoms. The molecule has 1 aliphatic rings. The van der Waals surface area contributed by atoms with Crippen molar-refractivity contribution >= 4 is 12.6 Å². The number of ether oxygens (including phenoxy) is 1. The molecule has 0 radical (unpaired) electrons. The van der Waals surface area contributed by atoms with E-state index in [0.29, 0.717) is 6.61 Å². The van der Waals surface area contributed by atoms with Crippen LogP contribution in [-0.4, -0.2) is 24.9 Å². The Morgan fingerprint density at radius 3 is 2.35 bits per heavy atom. The first-order valence-corrected chi connectivity index (χ1v) is 7.05. The summed E-state index contributed by atoms with van der Waals surface area (Å²) in [7, 11) is -0.389. The molecule has 0 atom stereocenters. The Morgan fingerprint density at radius 2 is 1.75 bits per heavy atom. The summed E-state index contributed by atoms with van der Waals surface area (Å²) in [6, 6.07) is 7.87. The molecule has 2 rings (SSSR count). The molecule has 0 unspecified atom stereocenters. The van der Waals surface area contributed by atoms with E-state index >= 15 is 0 Å². The smallest absolute Gasteiger partial charge is 0.494 e. The molecular formula is C16H23BO3. The molecule has 0 spiro atoms. The predicted molar refractivity (Wildman–Crippen MR) is 82.5 cm³/mol. The second-order valence-electron chi connectivity index (χ2n) is 6.05. The summed E-state index contributed by atoms with van der Waals surface area (Å²) in [6.07, 6.45) is 2.66. The summed E-state index contributed by atoms with van der Waals surface area (Å²) in [5.74, 6) is 0.813. The van der Waals surface area contributed by atoms with Crippen LogP contribution in [0.25, 0.3) is 0 Å². The molecule has 1 aliphatic heterocycles. The highest BCUT2D eigenvalue weighted by molar-refractivity contribution is 6.63. The van der Waals surface area contributed by atoms with Gasteiger partial charge in [0.15, 0.2) is 0 Å². The van der Waals surface area contributed by atoms with E-state index in [2.05, 4.69) is 6.58 Å². The standard InChI is InChI=1S/C16H23BO3/c1-6-7-12-18-14-11-9-8-10-13(14)17-19-15(2,3)16(4,5)20-17/h6,8-11H,1,7,12H2,2-5H3. The first kappa shape index (κ1) is 15.1. The first-order chi connectivity index (χ1) is 9.37. The summed E-state index contributed by atoms with van der Waals surface area (Å²) < 4.78 is 17.9. The molecule has 1 aromatic carbocycles. The van der Waals surface area contributed by atoms with Crippen molar-refractivity contribution in [3.05, 3.63) is 36.9 Å². The fourth-order valence-electron chi connectivity index (χ4n) is 2.03. The Labute approximate surface area is 122 Å². The average Bonchev–Trinajstić information content (AvgIpc) is 2.59. The Hall–Kier alpha value is -1.26. The van der Waals surface area contributed by atoms with Crippen molar-refractivity contribution < 1.29 is 14.0 Å². The lowest BCUT2D eigenvalue weighted by molar-refractivity contribution is 0.00578. The highest BCUT2D eigenvalue weighted by Gasteiger charge is 2.52. The van der Waals surface area contributed by atoms with Gasteiger partial charge in [-0.2, -0.15) is 0 Å². The van der Waals surface area contributed by atoms with Crippen LogP contribution in [-0.2, 0) is 9.31 Å². The Kier molecular flexibility index (Phi) is 4.26. The van der Waals surface area contributed by atoms with Crippen LogP contribution in [0.15, 0.2) is 36.9 Å². The van der Waals surface area contributed by atoms with Gasteiger partial charge in [-0.3, -0.25) is 0 Å². The molecule has 0 aliphatic carbocycles. The van der Waals surface area contributed by atoms with Crippen molar-refractivity contribution in [3.8, 4) is 5.75 Å². The van der Waals surface area contributed by atoms with Crippen LogP contribution in [0.1, 0.15) is 34.1 Å². The molecule has 1 fully saturated rings. The lowest BCUT2D eigenvalue weighted by Gasteiger charge is -2.32. The molecule has 0 aromatic heterocycles. The summed E-state index contributed by atoms with van der Waals surface area (Å²) in [6.45, 7) is 12.5. The predicted octanol–water partition coefficient (Wildman–Crippen LogP) is 2.94. The molecule has 0 N–H and O–H groups in total. The third-order valence-corrected chi connectivity index (χ3v) is 4.01. The molecule has 0 amide bonds. The molecule has 3 nitrogen and oxygen atoms in total. The zero-order valence-corrected chi connectivity index (χ0v) is 12.8. The van der Waals surface area contributed by atoms with Crippen LogP contribution in [0.5, 0.6) is 5.75 Å². The fourth-order valence-corrected chi connectivity index (χ4v) is 2.03. The summed E-state index contributed by atoms with van der Waals surface area (Å²) in [4.78, 5) is 0. The number of benzene rings is 1. The second-order valence-corrected chi connectivity index (χ2v) is 6.05. The van der Waals surface area contributed by atoms with E-state index < -0.39 is 0 Å². The van der Waals surface area contributed by atoms with E-state index in [1.807, 2.05) is 58.0 Å². The quantitative estimate of drug-likeness (QED) is 0.469. The zero-order valence-electron chi connectivity index (χ0n) is 12.8. The van der Waals surface area contributed by atoms with Gasteiger partial charge in [0.1, 0.15) is 5.75 Å². The maximum absolute atomic E-state index is 6.07. The highest BCUT2D eigenvalue weighted by Crippen LogP contribution is 2.37. The summed E-state index contributed by atoms with van der Waals surface area (Å²) >= 11 is 0. The van der Waals surface area contributed by atoms with Crippen molar-refractivity contribution in [3.63, 3.8) is 0 Å². The Morgan fingerprint density at radius 1 is 1.15 bits per heavy atom. The number of hydrogen-bond donors (Lipinski definition) is 0. The van der Waals surface area contributed by atoms with E-state index in [4.69, 9.17) is 14.0 Å². The highest BCUT2D eigenvalue weighted by atomic mass is 16.7. The van der Waals surface area contributed by atoms with Crippen molar-refractivity contribution in [2.45, 2.75) is 45.3 Å². The maximum Gasteiger partial charge on any atom is 0.498 e. The maximum atomic E-state index is 6.07. The lowest BCUT2D eigenvalue weighted by atomic mass is 9.78. The minimum atomic E-state index is -0.389. The van der Waals surface area contributed by atoms with E-state index in [0.717, 1.165) is 17.6 Å². The van der Waals surface area contributed by atoms with Gasteiger partial charge in [-0.25, -0.2) is 0 Å². The minimum absolute atomic E-state index is 0.341. The van der Waals surface area contributed by atoms with Crippen LogP contribution < -0.4 is 10.2 Å². The van der Waals surface area contributed by atoms with Gasteiger partial charge in [0.25, 0.3) is 0 Å². The van der Waals surface area contributed by atoms with Crippen LogP contribution in [0, 0.1) is 0 Å². The number of hydrogen-bond acceptors (Lipinski definition) is 3. The molecule has 0 bridgehead atoms. The normalized spacial score (nSPS) is 19.9. The van der Waals surface area contributed by atoms with Gasteiger partial charge in [0.05, 0.1) is 17.8 Å². The average molecular weight is 274 g/mol. The fraction of sp³-hybridized carbons (Fsp3) is 0.500. The van der Waals surface area contributed by atoms with Gasteiger partial charge < -0.3 is 14.0 Å². The Balaban J connectivity index is 2.19. The number of para-hydroxylation sites is 1. The van der Waals surface area contributed by atoms with Crippen molar-refractivity contribution in [2.75, 3.05) is 6.61 Å². The van der Waals surface area contributed by atoms with Crippen molar-refractivity contribution in [1.29, 1.82) is 0 Å². The topological polar surface area (TPSA) is 27.7 Å². The zero-order chi connectivity index (χ0) is 14.8. The lowest BCUT2D eigenvalue weighted by Crippen LogP contribution is -2.41. The molecule has 108 valence electrons. The summed E-state index contributed by atoms with van der Waals surface area (Å²) in [5, 5.41) is 0. The van der Waals surface area contributed by atoms with Gasteiger partial charge in [-0.1, -0.05) is 24.3 Å². The first-order valence-electron chi connectivity index (χ1n) is 7.05. The number of rotatable bonds is 5.